The lowest BCUT2D eigenvalue weighted by Gasteiger charge is -2.18. The summed E-state index contributed by atoms with van der Waals surface area (Å²) >= 11 is 1.07. The summed E-state index contributed by atoms with van der Waals surface area (Å²) in [5.74, 6) is -0.951. The number of alkyl halides is 2. The summed E-state index contributed by atoms with van der Waals surface area (Å²) in [5.41, 5.74) is 1.19. The third-order valence-electron chi connectivity index (χ3n) is 5.61. The normalized spacial score (nSPS) is 13.4. The number of hydrogen-bond acceptors (Lipinski definition) is 7. The maximum absolute atomic E-state index is 13.9. The highest BCUT2D eigenvalue weighted by molar-refractivity contribution is 7.17. The molecular weight excluding hydrogens is 476 g/mol. The molecule has 0 unspecified atom stereocenters. The molecule has 0 atom stereocenters. The Balaban J connectivity index is 1.60. The van der Waals surface area contributed by atoms with Gasteiger partial charge in [0.1, 0.15) is 16.1 Å². The van der Waals surface area contributed by atoms with Gasteiger partial charge in [0, 0.05) is 11.6 Å². The third-order valence-corrected chi connectivity index (χ3v) is 6.74. The van der Waals surface area contributed by atoms with Crippen molar-refractivity contribution in [1.29, 1.82) is 0 Å². The number of carbonyl (C=O) groups excluding carboxylic acids is 2. The quantitative estimate of drug-likeness (QED) is 0.331. The maximum Gasteiger partial charge on any atom is 0.350 e. The van der Waals surface area contributed by atoms with Crippen LogP contribution < -0.4 is 4.90 Å². The van der Waals surface area contributed by atoms with Gasteiger partial charge in [-0.1, -0.05) is 41.7 Å². The minimum atomic E-state index is -2.82. The monoisotopic (exact) mass is 497 g/mol. The Hall–Kier alpha value is -3.73. The summed E-state index contributed by atoms with van der Waals surface area (Å²) in [6, 6.07) is 10.1. The molecule has 35 heavy (non-hydrogen) atoms. The number of ether oxygens (including phenoxy) is 1. The van der Waals surface area contributed by atoms with Gasteiger partial charge in [0.05, 0.1) is 24.2 Å². The molecule has 1 aromatic carbocycles. The van der Waals surface area contributed by atoms with Gasteiger partial charge in [-0.2, -0.15) is 5.10 Å². The topological polar surface area (TPSA) is 89.7 Å². The van der Waals surface area contributed by atoms with E-state index in [4.69, 9.17) is 4.74 Å². The molecule has 1 aliphatic rings. The van der Waals surface area contributed by atoms with Gasteiger partial charge in [-0.3, -0.25) is 9.69 Å². The molecule has 0 bridgehead atoms. The van der Waals surface area contributed by atoms with E-state index in [2.05, 4.69) is 15.1 Å². The van der Waals surface area contributed by atoms with Gasteiger partial charge in [0.2, 0.25) is 0 Å². The Morgan fingerprint density at radius 2 is 1.97 bits per heavy atom. The second-order valence-electron chi connectivity index (χ2n) is 8.06. The number of amides is 1. The number of halogens is 2. The van der Waals surface area contributed by atoms with Crippen LogP contribution in [0.4, 0.5) is 13.9 Å². The number of nitrogens with zero attached hydrogens (tertiary/aromatic N) is 5. The fraction of sp³-hybridized carbons (Fsp3) is 0.292. The Morgan fingerprint density at radius 1 is 1.23 bits per heavy atom. The van der Waals surface area contributed by atoms with Gasteiger partial charge in [0.25, 0.3) is 12.3 Å². The molecule has 8 nitrogen and oxygen atoms in total. The van der Waals surface area contributed by atoms with Gasteiger partial charge >= 0.3 is 5.97 Å². The lowest BCUT2D eigenvalue weighted by molar-refractivity contribution is 0.0531. The van der Waals surface area contributed by atoms with Crippen LogP contribution >= 0.6 is 11.3 Å². The minimum Gasteiger partial charge on any atom is -0.462 e. The fourth-order valence-electron chi connectivity index (χ4n) is 3.79. The molecule has 1 saturated carbocycles. The molecule has 11 heteroatoms. The number of rotatable bonds is 7. The van der Waals surface area contributed by atoms with Crippen molar-refractivity contribution in [1.82, 2.24) is 19.6 Å². The predicted octanol–water partition coefficient (Wildman–Crippen LogP) is 5.08. The van der Waals surface area contributed by atoms with E-state index in [0.717, 1.165) is 28.7 Å². The molecule has 4 aromatic rings. The molecule has 180 valence electrons. The van der Waals surface area contributed by atoms with E-state index in [1.165, 1.54) is 17.2 Å². The van der Waals surface area contributed by atoms with Crippen molar-refractivity contribution in [3.63, 3.8) is 0 Å². The molecule has 0 N–H and O–H groups in total. The Labute approximate surface area is 203 Å². The lowest BCUT2D eigenvalue weighted by Crippen LogP contribution is -2.33. The number of hydrogen-bond donors (Lipinski definition) is 0. The summed E-state index contributed by atoms with van der Waals surface area (Å²) < 4.78 is 33.9. The molecule has 0 aliphatic heterocycles. The van der Waals surface area contributed by atoms with Gasteiger partial charge in [-0.15, -0.1) is 0 Å². The Bertz CT molecular complexity index is 1420. The van der Waals surface area contributed by atoms with Crippen LogP contribution in [0.5, 0.6) is 0 Å². The van der Waals surface area contributed by atoms with Gasteiger partial charge in [0.15, 0.2) is 10.8 Å². The Morgan fingerprint density at radius 3 is 2.63 bits per heavy atom. The van der Waals surface area contributed by atoms with Crippen molar-refractivity contribution in [3.8, 4) is 11.3 Å². The van der Waals surface area contributed by atoms with E-state index in [9.17, 15) is 18.4 Å². The van der Waals surface area contributed by atoms with Crippen molar-refractivity contribution >= 4 is 34.0 Å². The number of carbonyl (C=O) groups is 2. The number of thiazole rings is 1. The molecule has 1 amide bonds. The number of esters is 1. The van der Waals surface area contributed by atoms with E-state index in [-0.39, 0.29) is 29.6 Å². The zero-order valence-electron chi connectivity index (χ0n) is 18.9. The number of anilines is 1. The summed E-state index contributed by atoms with van der Waals surface area (Å²) in [5, 5.41) is 4.41. The van der Waals surface area contributed by atoms with E-state index in [0.29, 0.717) is 27.0 Å². The van der Waals surface area contributed by atoms with Crippen LogP contribution in [0.15, 0.2) is 42.6 Å². The largest absolute Gasteiger partial charge is 0.462 e. The van der Waals surface area contributed by atoms with Crippen molar-refractivity contribution in [2.45, 2.75) is 39.2 Å². The highest BCUT2D eigenvalue weighted by atomic mass is 32.1. The third kappa shape index (κ3) is 4.27. The molecule has 0 radical (unpaired) electrons. The molecule has 3 heterocycles. The highest BCUT2D eigenvalue weighted by Crippen LogP contribution is 2.37. The van der Waals surface area contributed by atoms with Crippen LogP contribution in [0.25, 0.3) is 16.9 Å². The maximum atomic E-state index is 13.9. The average molecular weight is 498 g/mol. The molecule has 3 aromatic heterocycles. The summed E-state index contributed by atoms with van der Waals surface area (Å²) in [7, 11) is 0. The summed E-state index contributed by atoms with van der Waals surface area (Å²) in [4.78, 5) is 36.8. The molecule has 1 fully saturated rings. The van der Waals surface area contributed by atoms with E-state index >= 15 is 0 Å². The van der Waals surface area contributed by atoms with Crippen LogP contribution in [-0.4, -0.2) is 44.1 Å². The van der Waals surface area contributed by atoms with Gasteiger partial charge in [-0.25, -0.2) is 28.1 Å². The zero-order valence-corrected chi connectivity index (χ0v) is 19.8. The zero-order chi connectivity index (χ0) is 24.7. The summed E-state index contributed by atoms with van der Waals surface area (Å²) in [6.07, 6.45) is -0.0286. The first-order chi connectivity index (χ1) is 16.9. The second kappa shape index (κ2) is 9.14. The van der Waals surface area contributed by atoms with Crippen LogP contribution in [0.3, 0.4) is 0 Å². The average Bonchev–Trinajstić information content (AvgIpc) is 3.46. The van der Waals surface area contributed by atoms with Crippen LogP contribution in [0.2, 0.25) is 0 Å². The first-order valence-corrected chi connectivity index (χ1v) is 11.9. The molecule has 5 rings (SSSR count). The number of fused-ring (bicyclic) bond motifs is 1. The number of aromatic nitrogens is 4. The molecule has 0 saturated heterocycles. The predicted molar refractivity (Wildman–Crippen MR) is 126 cm³/mol. The molecular formula is C24H21F2N5O3S. The van der Waals surface area contributed by atoms with Crippen molar-refractivity contribution in [2.24, 2.45) is 0 Å². The van der Waals surface area contributed by atoms with Crippen molar-refractivity contribution in [2.75, 3.05) is 11.5 Å². The van der Waals surface area contributed by atoms with E-state index in [1.807, 2.05) is 6.07 Å². The van der Waals surface area contributed by atoms with Gasteiger partial charge < -0.3 is 4.74 Å². The van der Waals surface area contributed by atoms with E-state index in [1.54, 1.807) is 38.1 Å². The standard InChI is InChI=1S/C24H21F2N5O3S/c1-3-34-23(33)19-13(2)28-24(35-19)30(15-9-10-15)22(32)16-12-27-31-18(20(25)26)11-17(29-21(16)31)14-7-5-4-6-8-14/h4-8,11-12,15,20H,3,9-10H2,1-2H3. The van der Waals surface area contributed by atoms with Crippen molar-refractivity contribution in [3.05, 3.63) is 64.4 Å². The first-order valence-electron chi connectivity index (χ1n) is 11.1. The Kier molecular flexibility index (Phi) is 6.01. The van der Waals surface area contributed by atoms with Crippen LogP contribution in [-0.2, 0) is 4.74 Å². The second-order valence-corrected chi connectivity index (χ2v) is 9.04. The highest BCUT2D eigenvalue weighted by Gasteiger charge is 2.38. The van der Waals surface area contributed by atoms with Crippen LogP contribution in [0, 0.1) is 6.92 Å². The number of benzene rings is 1. The minimum absolute atomic E-state index is 0.0381. The molecule has 0 spiro atoms. The van der Waals surface area contributed by atoms with E-state index < -0.39 is 18.3 Å². The first kappa shape index (κ1) is 23.0. The van der Waals surface area contributed by atoms with Crippen molar-refractivity contribution < 1.29 is 23.1 Å². The SMILES string of the molecule is CCOC(=O)c1sc(N(C(=O)c2cnn3c(C(F)F)cc(-c4ccccc4)nc23)C2CC2)nc1C. The smallest absolute Gasteiger partial charge is 0.350 e. The lowest BCUT2D eigenvalue weighted by atomic mass is 10.1. The summed E-state index contributed by atoms with van der Waals surface area (Å²) in [6.45, 7) is 3.62. The molecule has 1 aliphatic carbocycles. The van der Waals surface area contributed by atoms with Gasteiger partial charge in [-0.05, 0) is 32.8 Å². The number of aryl methyl sites for hydroxylation is 1. The fourth-order valence-corrected chi connectivity index (χ4v) is 4.82. The van der Waals surface area contributed by atoms with Crippen LogP contribution in [0.1, 0.15) is 57.6 Å².